The van der Waals surface area contributed by atoms with E-state index < -0.39 is 23.9 Å². The van der Waals surface area contributed by atoms with Crippen LogP contribution in [0.5, 0.6) is 11.5 Å². The number of benzene rings is 2. The number of para-hydroxylation sites is 2. The van der Waals surface area contributed by atoms with Gasteiger partial charge in [-0.15, -0.1) is 13.2 Å². The summed E-state index contributed by atoms with van der Waals surface area (Å²) in [4.78, 5) is 22.6. The molecule has 3 N–H and O–H groups in total. The monoisotopic (exact) mass is 380 g/mol. The summed E-state index contributed by atoms with van der Waals surface area (Å²) < 4.78 is 46.1. The molecule has 0 unspecified atom stereocenters. The van der Waals surface area contributed by atoms with E-state index in [0.29, 0.717) is 11.3 Å². The molecule has 0 atom stereocenters. The summed E-state index contributed by atoms with van der Waals surface area (Å²) >= 11 is 0. The van der Waals surface area contributed by atoms with E-state index in [0.717, 1.165) is 12.1 Å². The Balaban J connectivity index is 1.98. The van der Waals surface area contributed by atoms with Crippen molar-refractivity contribution in [2.24, 2.45) is 5.73 Å². The molecule has 2 aromatic rings. The number of carbonyl (C=O) groups is 2. The topological polar surface area (TPSA) is 90.7 Å². The Labute approximate surface area is 152 Å². The summed E-state index contributed by atoms with van der Waals surface area (Å²) in [6, 6.07) is 11.6. The summed E-state index contributed by atoms with van der Waals surface area (Å²) in [7, 11) is 0. The molecule has 0 aromatic heterocycles. The third-order valence-corrected chi connectivity index (χ3v) is 3.06. The molecule has 6 nitrogen and oxygen atoms in total. The minimum Gasteiger partial charge on any atom is -0.484 e. The fourth-order valence-corrected chi connectivity index (χ4v) is 1.96. The molecule has 2 aromatic carbocycles. The zero-order valence-corrected chi connectivity index (χ0v) is 13.8. The number of alkyl halides is 3. The molecule has 0 aliphatic carbocycles. The summed E-state index contributed by atoms with van der Waals surface area (Å²) in [5.41, 5.74) is 5.49. The van der Waals surface area contributed by atoms with Crippen LogP contribution in [0.2, 0.25) is 0 Å². The molecule has 0 fully saturated rings. The normalized spacial score (nSPS) is 11.2. The van der Waals surface area contributed by atoms with Crippen LogP contribution in [-0.2, 0) is 9.59 Å². The maximum Gasteiger partial charge on any atom is 0.573 e. The number of primary amides is 1. The molecule has 0 heterocycles. The maximum absolute atomic E-state index is 12.4. The van der Waals surface area contributed by atoms with Gasteiger partial charge in [-0.25, -0.2) is 0 Å². The lowest BCUT2D eigenvalue weighted by Gasteiger charge is -2.13. The average Bonchev–Trinajstić information content (AvgIpc) is 2.59. The zero-order chi connectivity index (χ0) is 19.9. The van der Waals surface area contributed by atoms with Gasteiger partial charge in [0.05, 0.1) is 5.69 Å². The molecular formula is C18H15F3N2O4. The van der Waals surface area contributed by atoms with Gasteiger partial charge in [-0.1, -0.05) is 24.3 Å². The molecule has 0 radical (unpaired) electrons. The van der Waals surface area contributed by atoms with Crippen LogP contribution in [-0.4, -0.2) is 24.8 Å². The van der Waals surface area contributed by atoms with Crippen molar-refractivity contribution in [3.63, 3.8) is 0 Å². The first-order valence-electron chi connectivity index (χ1n) is 7.58. The lowest BCUT2D eigenvalue weighted by atomic mass is 10.2. The molecule has 0 aliphatic heterocycles. The van der Waals surface area contributed by atoms with Gasteiger partial charge in [0.2, 0.25) is 5.91 Å². The molecule has 9 heteroatoms. The van der Waals surface area contributed by atoms with E-state index in [1.807, 2.05) is 0 Å². The smallest absolute Gasteiger partial charge is 0.484 e. The number of rotatable bonds is 7. The van der Waals surface area contributed by atoms with Gasteiger partial charge in [0.1, 0.15) is 5.75 Å². The number of hydrogen-bond donors (Lipinski definition) is 2. The van der Waals surface area contributed by atoms with E-state index in [-0.39, 0.29) is 12.3 Å². The van der Waals surface area contributed by atoms with E-state index in [2.05, 4.69) is 10.1 Å². The molecule has 0 saturated carbocycles. The van der Waals surface area contributed by atoms with Crippen molar-refractivity contribution in [1.82, 2.24) is 0 Å². The third-order valence-electron chi connectivity index (χ3n) is 3.06. The van der Waals surface area contributed by atoms with Crippen LogP contribution in [0.15, 0.2) is 54.6 Å². The molecule has 2 amide bonds. The summed E-state index contributed by atoms with van der Waals surface area (Å²) in [6.07, 6.45) is -2.25. The molecule has 27 heavy (non-hydrogen) atoms. The van der Waals surface area contributed by atoms with Crippen LogP contribution in [0, 0.1) is 0 Å². The SMILES string of the molecule is NC(=O)COc1ccc(/C=C/C(=O)Nc2ccccc2OC(F)(F)F)cc1. The molecule has 0 spiro atoms. The largest absolute Gasteiger partial charge is 0.573 e. The first-order chi connectivity index (χ1) is 12.7. The second-order valence-electron chi connectivity index (χ2n) is 5.19. The second-order valence-corrected chi connectivity index (χ2v) is 5.19. The number of amides is 2. The Morgan fingerprint density at radius 1 is 1.07 bits per heavy atom. The van der Waals surface area contributed by atoms with E-state index in [9.17, 15) is 22.8 Å². The zero-order valence-electron chi connectivity index (χ0n) is 13.8. The van der Waals surface area contributed by atoms with Gasteiger partial charge in [-0.3, -0.25) is 9.59 Å². The molecule has 0 bridgehead atoms. The van der Waals surface area contributed by atoms with E-state index in [1.54, 1.807) is 24.3 Å². The number of nitrogens with one attached hydrogen (secondary N) is 1. The van der Waals surface area contributed by atoms with Gasteiger partial charge in [-0.2, -0.15) is 0 Å². The number of halogens is 3. The lowest BCUT2D eigenvalue weighted by Crippen LogP contribution is -2.19. The summed E-state index contributed by atoms with van der Waals surface area (Å²) in [5.74, 6) is -1.33. The first-order valence-corrected chi connectivity index (χ1v) is 7.58. The minimum atomic E-state index is -4.87. The number of ether oxygens (including phenoxy) is 2. The Bertz CT molecular complexity index is 833. The summed E-state index contributed by atoms with van der Waals surface area (Å²) in [5, 5.41) is 2.32. The first kappa shape index (κ1) is 19.8. The second kappa shape index (κ2) is 8.75. The van der Waals surface area contributed by atoms with E-state index >= 15 is 0 Å². The fraction of sp³-hybridized carbons (Fsp3) is 0.111. The van der Waals surface area contributed by atoms with Gasteiger partial charge >= 0.3 is 6.36 Å². The van der Waals surface area contributed by atoms with Crippen molar-refractivity contribution in [3.8, 4) is 11.5 Å². The number of carbonyl (C=O) groups excluding carboxylic acids is 2. The Morgan fingerprint density at radius 2 is 1.74 bits per heavy atom. The molecule has 142 valence electrons. The van der Waals surface area contributed by atoms with Crippen molar-refractivity contribution in [2.45, 2.75) is 6.36 Å². The van der Waals surface area contributed by atoms with Crippen molar-refractivity contribution >= 4 is 23.6 Å². The quantitative estimate of drug-likeness (QED) is 0.722. The highest BCUT2D eigenvalue weighted by Crippen LogP contribution is 2.29. The van der Waals surface area contributed by atoms with Gasteiger partial charge in [0.15, 0.2) is 12.4 Å². The van der Waals surface area contributed by atoms with Gasteiger partial charge < -0.3 is 20.5 Å². The summed E-state index contributed by atoms with van der Waals surface area (Å²) in [6.45, 7) is -0.253. The predicted octanol–water partition coefficient (Wildman–Crippen LogP) is 3.10. The molecule has 2 rings (SSSR count). The lowest BCUT2D eigenvalue weighted by molar-refractivity contribution is -0.274. The van der Waals surface area contributed by atoms with Crippen LogP contribution in [0.1, 0.15) is 5.56 Å². The van der Waals surface area contributed by atoms with Gasteiger partial charge in [0, 0.05) is 6.08 Å². The Kier molecular flexibility index (Phi) is 6.42. The molecular weight excluding hydrogens is 365 g/mol. The van der Waals surface area contributed by atoms with Crippen LogP contribution in [0.4, 0.5) is 18.9 Å². The standard InChI is InChI=1S/C18H15F3N2O4/c19-18(20,21)27-15-4-2-1-3-14(15)23-17(25)10-7-12-5-8-13(9-6-12)26-11-16(22)24/h1-10H,11H2,(H2,22,24)(H,23,25)/b10-7+. The number of hydrogen-bond acceptors (Lipinski definition) is 4. The highest BCUT2D eigenvalue weighted by atomic mass is 19.4. The van der Waals surface area contributed by atoms with Crippen LogP contribution < -0.4 is 20.5 Å². The third kappa shape index (κ3) is 7.10. The average molecular weight is 380 g/mol. The van der Waals surface area contributed by atoms with Crippen LogP contribution in [0.3, 0.4) is 0 Å². The Morgan fingerprint density at radius 3 is 2.37 bits per heavy atom. The van der Waals surface area contributed by atoms with Crippen LogP contribution >= 0.6 is 0 Å². The molecule has 0 aliphatic rings. The van der Waals surface area contributed by atoms with Crippen molar-refractivity contribution in [1.29, 1.82) is 0 Å². The number of anilines is 1. The highest BCUT2D eigenvalue weighted by molar-refractivity contribution is 6.02. The molecule has 0 saturated heterocycles. The number of nitrogens with two attached hydrogens (primary N) is 1. The van der Waals surface area contributed by atoms with Crippen LogP contribution in [0.25, 0.3) is 6.08 Å². The highest BCUT2D eigenvalue weighted by Gasteiger charge is 2.32. The fourth-order valence-electron chi connectivity index (χ4n) is 1.96. The van der Waals surface area contributed by atoms with Crippen molar-refractivity contribution in [2.75, 3.05) is 11.9 Å². The van der Waals surface area contributed by atoms with Crippen molar-refractivity contribution < 1.29 is 32.2 Å². The van der Waals surface area contributed by atoms with Gasteiger partial charge in [-0.05, 0) is 35.9 Å². The van der Waals surface area contributed by atoms with Gasteiger partial charge in [0.25, 0.3) is 5.91 Å². The maximum atomic E-state index is 12.4. The van der Waals surface area contributed by atoms with E-state index in [4.69, 9.17) is 10.5 Å². The Hall–Kier alpha value is -3.49. The van der Waals surface area contributed by atoms with E-state index in [1.165, 1.54) is 24.3 Å². The minimum absolute atomic E-state index is 0.111. The van der Waals surface area contributed by atoms with Crippen molar-refractivity contribution in [3.05, 3.63) is 60.2 Å². The predicted molar refractivity (Wildman–Crippen MR) is 91.9 cm³/mol.